The quantitative estimate of drug-likeness (QED) is 0.0847. The first kappa shape index (κ1) is 57.9. The maximum atomic E-state index is 14.4. The highest BCUT2D eigenvalue weighted by molar-refractivity contribution is 6.01. The van der Waals surface area contributed by atoms with Crippen molar-refractivity contribution in [2.45, 2.75) is 0 Å². The van der Waals surface area contributed by atoms with Gasteiger partial charge in [-0.25, -0.2) is 8.78 Å². The molecule has 15 aromatic carbocycles. The first-order chi connectivity index (χ1) is 46.5. The van der Waals surface area contributed by atoms with Gasteiger partial charge >= 0.3 is 0 Å². The molecular weight excluding hydrogens is 1150 g/mol. The summed E-state index contributed by atoms with van der Waals surface area (Å²) in [6.45, 7) is 0. The number of rotatable bonds is 18. The summed E-state index contributed by atoms with van der Waals surface area (Å²) >= 11 is 0. The molecule has 0 spiro atoms. The van der Waals surface area contributed by atoms with Gasteiger partial charge in [0.05, 0.1) is 11.4 Å². The second-order valence-corrected chi connectivity index (χ2v) is 22.9. The number of nitrogens with zero attached hydrogens (tertiary/aromatic N) is 6. The van der Waals surface area contributed by atoms with Gasteiger partial charge in [0.15, 0.2) is 0 Å². The third-order valence-electron chi connectivity index (χ3n) is 17.1. The summed E-state index contributed by atoms with van der Waals surface area (Å²) in [5.41, 5.74) is 17.7. The molecule has 8 heteroatoms. The molecule has 0 aliphatic rings. The predicted molar refractivity (Wildman–Crippen MR) is 389 cm³/mol. The molecule has 0 bridgehead atoms. The Kier molecular flexibility index (Phi) is 16.1. The van der Waals surface area contributed by atoms with Crippen LogP contribution in [0.25, 0.3) is 21.5 Å². The van der Waals surface area contributed by atoms with E-state index in [1.165, 1.54) is 24.3 Å². The molecular formula is C86H62F2N6. The summed E-state index contributed by atoms with van der Waals surface area (Å²) in [5, 5.41) is 4.44. The van der Waals surface area contributed by atoms with E-state index in [0.717, 1.165) is 124 Å². The first-order valence-electron chi connectivity index (χ1n) is 31.4. The molecule has 15 aromatic rings. The van der Waals surface area contributed by atoms with Crippen LogP contribution in [0, 0.1) is 11.6 Å². The Morgan fingerprint density at radius 1 is 0.138 bits per heavy atom. The van der Waals surface area contributed by atoms with Gasteiger partial charge in [-0.05, 0) is 241 Å². The lowest BCUT2D eigenvalue weighted by atomic mass is 10.1. The van der Waals surface area contributed by atoms with Crippen LogP contribution in [0.1, 0.15) is 0 Å². The Morgan fingerprint density at radius 2 is 0.309 bits per heavy atom. The summed E-state index contributed by atoms with van der Waals surface area (Å²) in [6, 6.07) is 128. The molecule has 0 saturated heterocycles. The fraction of sp³-hybridized carbons (Fsp3) is 0. The number of anilines is 18. The van der Waals surface area contributed by atoms with Crippen LogP contribution in [0.15, 0.2) is 376 Å². The van der Waals surface area contributed by atoms with E-state index in [0.29, 0.717) is 0 Å². The zero-order valence-electron chi connectivity index (χ0n) is 51.2. The Bertz CT molecular complexity index is 4680. The van der Waals surface area contributed by atoms with E-state index in [4.69, 9.17) is 0 Å². The van der Waals surface area contributed by atoms with E-state index in [-0.39, 0.29) is 11.6 Å². The number of benzene rings is 15. The van der Waals surface area contributed by atoms with Gasteiger partial charge in [0.2, 0.25) is 0 Å². The van der Waals surface area contributed by atoms with Crippen LogP contribution in [0.5, 0.6) is 0 Å². The van der Waals surface area contributed by atoms with E-state index >= 15 is 0 Å². The molecule has 0 unspecified atom stereocenters. The summed E-state index contributed by atoms with van der Waals surface area (Å²) < 4.78 is 28.9. The SMILES string of the molecule is Fc1ccc(N(c2ccc(N(c3ccccc3)c3ccc(N(c4ccccc4)c4ccc(N(c5ccccc5)c5ccc(N(c6ccccc6)c6ccc(N(c7ccc(F)cc7)c7cccc8ccccc78)cc6)cc5)cc4)cc3)cc2)c2cccc3ccccc23)cc1. The Morgan fingerprint density at radius 3 is 0.543 bits per heavy atom. The monoisotopic (exact) mass is 1220 g/mol. The smallest absolute Gasteiger partial charge is 0.123 e. The molecule has 0 aromatic heterocycles. The minimum Gasteiger partial charge on any atom is -0.311 e. The van der Waals surface area contributed by atoms with Crippen molar-refractivity contribution in [2.75, 3.05) is 29.4 Å². The second-order valence-electron chi connectivity index (χ2n) is 22.9. The van der Waals surface area contributed by atoms with E-state index in [1.807, 2.05) is 36.4 Å². The maximum Gasteiger partial charge on any atom is 0.123 e. The molecule has 450 valence electrons. The van der Waals surface area contributed by atoms with Gasteiger partial charge in [-0.15, -0.1) is 0 Å². The molecule has 6 nitrogen and oxygen atoms in total. The van der Waals surface area contributed by atoms with Crippen molar-refractivity contribution in [3.05, 3.63) is 388 Å². The number of halogens is 2. The van der Waals surface area contributed by atoms with Crippen LogP contribution in [0.3, 0.4) is 0 Å². The molecule has 0 saturated carbocycles. The summed E-state index contributed by atoms with van der Waals surface area (Å²) in [6.07, 6.45) is 0. The summed E-state index contributed by atoms with van der Waals surface area (Å²) in [7, 11) is 0. The third kappa shape index (κ3) is 11.8. The van der Waals surface area contributed by atoms with Crippen molar-refractivity contribution in [1.82, 2.24) is 0 Å². The van der Waals surface area contributed by atoms with E-state index in [1.54, 1.807) is 0 Å². The van der Waals surface area contributed by atoms with Crippen LogP contribution in [0.4, 0.5) is 111 Å². The van der Waals surface area contributed by atoms with Crippen molar-refractivity contribution in [2.24, 2.45) is 0 Å². The van der Waals surface area contributed by atoms with E-state index in [2.05, 4.69) is 345 Å². The van der Waals surface area contributed by atoms with Gasteiger partial charge in [-0.2, -0.15) is 0 Å². The Balaban J connectivity index is 0.737. The van der Waals surface area contributed by atoms with Crippen molar-refractivity contribution >= 4 is 124 Å². The minimum absolute atomic E-state index is 0.281. The lowest BCUT2D eigenvalue weighted by Crippen LogP contribution is -2.14. The van der Waals surface area contributed by atoms with Crippen LogP contribution >= 0.6 is 0 Å². The van der Waals surface area contributed by atoms with Gasteiger partial charge in [0.25, 0.3) is 0 Å². The Labute approximate surface area is 546 Å². The molecule has 0 heterocycles. The second kappa shape index (κ2) is 26.1. The van der Waals surface area contributed by atoms with Crippen LogP contribution < -0.4 is 29.4 Å². The molecule has 0 aliphatic heterocycles. The molecule has 15 rings (SSSR count). The zero-order chi connectivity index (χ0) is 63.2. The highest BCUT2D eigenvalue weighted by Gasteiger charge is 2.23. The third-order valence-corrected chi connectivity index (χ3v) is 17.1. The normalized spacial score (nSPS) is 11.1. The van der Waals surface area contributed by atoms with Gasteiger partial charge in [-0.1, -0.05) is 146 Å². The fourth-order valence-corrected chi connectivity index (χ4v) is 12.7. The van der Waals surface area contributed by atoms with Crippen LogP contribution in [0.2, 0.25) is 0 Å². The number of hydrogen-bond donors (Lipinski definition) is 0. The lowest BCUT2D eigenvalue weighted by molar-refractivity contribution is 0.627. The standard InChI is InChI=1S/C86H62F2N6/c87-65-35-39-79(40-36-65)93(85-33-17-21-63-19-13-15-31-83(63)85)81-59-55-77(56-60-81)91(69-27-9-3-10-28-69)75-51-47-73(48-52-75)89(67-23-5-1-6-24-67)71-43-45-72(46-44-71)90(68-25-7-2-8-26-68)74-49-53-76(54-50-74)92(70-29-11-4-12-30-70)78-57-61-82(62-58-78)94(80-41-37-66(88)38-42-80)86-34-18-22-64-20-14-16-32-84(64)86/h1-62H. The minimum atomic E-state index is -0.281. The molecule has 0 atom stereocenters. The fourth-order valence-electron chi connectivity index (χ4n) is 12.7. The zero-order valence-corrected chi connectivity index (χ0v) is 51.2. The highest BCUT2D eigenvalue weighted by Crippen LogP contribution is 2.46. The van der Waals surface area contributed by atoms with Gasteiger partial charge in [-0.3, -0.25) is 0 Å². The summed E-state index contributed by atoms with van der Waals surface area (Å²) in [5.74, 6) is -0.562. The average molecular weight is 1220 g/mol. The van der Waals surface area contributed by atoms with Crippen LogP contribution in [-0.2, 0) is 0 Å². The van der Waals surface area contributed by atoms with E-state index < -0.39 is 0 Å². The summed E-state index contributed by atoms with van der Waals surface area (Å²) in [4.78, 5) is 13.5. The van der Waals surface area contributed by atoms with Crippen molar-refractivity contribution in [3.63, 3.8) is 0 Å². The van der Waals surface area contributed by atoms with Gasteiger partial charge in [0.1, 0.15) is 11.6 Å². The molecule has 0 fully saturated rings. The van der Waals surface area contributed by atoms with Crippen molar-refractivity contribution < 1.29 is 8.78 Å². The van der Waals surface area contributed by atoms with Gasteiger partial charge < -0.3 is 29.4 Å². The predicted octanol–water partition coefficient (Wildman–Crippen LogP) is 25.1. The van der Waals surface area contributed by atoms with Crippen molar-refractivity contribution in [3.8, 4) is 0 Å². The number of para-hydroxylation sites is 4. The van der Waals surface area contributed by atoms with E-state index in [9.17, 15) is 8.78 Å². The largest absolute Gasteiger partial charge is 0.311 e. The number of fused-ring (bicyclic) bond motifs is 2. The van der Waals surface area contributed by atoms with Gasteiger partial charge in [0, 0.05) is 102 Å². The molecule has 0 N–H and O–H groups in total. The molecule has 0 aliphatic carbocycles. The number of hydrogen-bond acceptors (Lipinski definition) is 6. The Hall–Kier alpha value is -12.5. The lowest BCUT2D eigenvalue weighted by Gasteiger charge is -2.30. The average Bonchev–Trinajstić information content (AvgIpc) is 0.800. The van der Waals surface area contributed by atoms with Crippen molar-refractivity contribution in [1.29, 1.82) is 0 Å². The topological polar surface area (TPSA) is 19.4 Å². The maximum absolute atomic E-state index is 14.4. The van der Waals surface area contributed by atoms with Crippen LogP contribution in [-0.4, -0.2) is 0 Å². The molecule has 94 heavy (non-hydrogen) atoms. The molecule has 0 amide bonds. The first-order valence-corrected chi connectivity index (χ1v) is 31.4. The molecule has 0 radical (unpaired) electrons. The highest BCUT2D eigenvalue weighted by atomic mass is 19.1.